The van der Waals surface area contributed by atoms with E-state index in [9.17, 15) is 30.7 Å². The zero-order chi connectivity index (χ0) is 25.6. The lowest BCUT2D eigenvalue weighted by atomic mass is 9.96. The maximum Gasteiger partial charge on any atom is 0.409 e. The molecule has 186 valence electrons. The van der Waals surface area contributed by atoms with Crippen molar-refractivity contribution >= 4 is 6.08 Å². The molecule has 0 saturated carbocycles. The Bertz CT molecular complexity index is 1130. The Hall–Kier alpha value is -3.09. The molecular formula is C28H25F7. The summed E-state index contributed by atoms with van der Waals surface area (Å²) in [6.45, 7) is 2.16. The van der Waals surface area contributed by atoms with Crippen molar-refractivity contribution in [2.75, 3.05) is 0 Å². The molecule has 3 aromatic rings. The van der Waals surface area contributed by atoms with Crippen LogP contribution in [-0.4, -0.2) is 6.18 Å². The summed E-state index contributed by atoms with van der Waals surface area (Å²) in [6.07, 6.45) is 1.86. The highest BCUT2D eigenvalue weighted by Crippen LogP contribution is 2.33. The average molecular weight is 494 g/mol. The molecule has 0 N–H and O–H groups in total. The quantitative estimate of drug-likeness (QED) is 0.205. The molecule has 0 heterocycles. The number of rotatable bonds is 9. The van der Waals surface area contributed by atoms with E-state index in [1.165, 1.54) is 19.3 Å². The van der Waals surface area contributed by atoms with Crippen LogP contribution in [0.4, 0.5) is 30.7 Å². The Labute approximate surface area is 200 Å². The number of allylic oxidation sites excluding steroid dienone is 1. The molecule has 0 saturated heterocycles. The molecule has 0 nitrogen and oxygen atoms in total. The summed E-state index contributed by atoms with van der Waals surface area (Å²) in [4.78, 5) is 0. The molecule has 0 spiro atoms. The smallest absolute Gasteiger partial charge is 0.206 e. The van der Waals surface area contributed by atoms with E-state index in [-0.39, 0.29) is 17.7 Å². The first-order valence-corrected chi connectivity index (χ1v) is 11.4. The van der Waals surface area contributed by atoms with Crippen LogP contribution in [0.5, 0.6) is 0 Å². The van der Waals surface area contributed by atoms with Crippen LogP contribution in [0.25, 0.3) is 28.3 Å². The van der Waals surface area contributed by atoms with E-state index in [1.807, 2.05) is 12.1 Å². The van der Waals surface area contributed by atoms with Crippen LogP contribution in [0.3, 0.4) is 0 Å². The predicted octanol–water partition coefficient (Wildman–Crippen LogP) is 9.67. The van der Waals surface area contributed by atoms with Crippen LogP contribution < -0.4 is 0 Å². The van der Waals surface area contributed by atoms with Gasteiger partial charge in [-0.25, -0.2) is 17.6 Å². The van der Waals surface area contributed by atoms with Crippen molar-refractivity contribution in [3.05, 3.63) is 89.0 Å². The van der Waals surface area contributed by atoms with Crippen molar-refractivity contribution in [1.82, 2.24) is 0 Å². The van der Waals surface area contributed by atoms with Crippen LogP contribution in [-0.2, 0) is 6.42 Å². The van der Waals surface area contributed by atoms with Crippen molar-refractivity contribution in [1.29, 1.82) is 0 Å². The Kier molecular flexibility index (Phi) is 8.76. The molecule has 0 aliphatic rings. The van der Waals surface area contributed by atoms with Crippen molar-refractivity contribution in [2.45, 2.75) is 51.6 Å². The highest BCUT2D eigenvalue weighted by atomic mass is 19.4. The second-order valence-corrected chi connectivity index (χ2v) is 8.40. The minimum atomic E-state index is -4.77. The monoisotopic (exact) mass is 494 g/mol. The number of hydrogen-bond donors (Lipinski definition) is 0. The Balaban J connectivity index is 1.82. The van der Waals surface area contributed by atoms with Crippen LogP contribution in [0, 0.1) is 23.3 Å². The number of halogens is 7. The molecule has 0 radical (unpaired) electrons. The molecule has 0 unspecified atom stereocenters. The summed E-state index contributed by atoms with van der Waals surface area (Å²) >= 11 is 0. The first-order chi connectivity index (χ1) is 16.6. The van der Waals surface area contributed by atoms with Gasteiger partial charge in [0.25, 0.3) is 0 Å². The molecule has 3 aromatic carbocycles. The van der Waals surface area contributed by atoms with Crippen molar-refractivity contribution in [3.63, 3.8) is 0 Å². The van der Waals surface area contributed by atoms with Gasteiger partial charge in [0, 0.05) is 11.6 Å². The number of aryl methyl sites for hydroxylation is 1. The third kappa shape index (κ3) is 7.20. The standard InChI is InChI=1S/C28H25F7/c1-2-3-4-5-6-7-18-8-10-19(11-9-18)20-14-25(31)27(26(32)15-20)21-16-23(29)22(24(30)17-21)12-13-28(33,34)35/h8-17H,2-7H2,1H3. The van der Waals surface area contributed by atoms with Gasteiger partial charge in [0.2, 0.25) is 0 Å². The minimum absolute atomic E-state index is 0.235. The van der Waals surface area contributed by atoms with Gasteiger partial charge in [-0.2, -0.15) is 13.2 Å². The Morgan fingerprint density at radius 2 is 1.20 bits per heavy atom. The molecule has 0 aromatic heterocycles. The van der Waals surface area contributed by atoms with Crippen LogP contribution in [0.1, 0.15) is 50.2 Å². The van der Waals surface area contributed by atoms with Gasteiger partial charge in [-0.3, -0.25) is 0 Å². The molecule has 3 rings (SSSR count). The zero-order valence-corrected chi connectivity index (χ0v) is 19.2. The van der Waals surface area contributed by atoms with E-state index < -0.39 is 46.1 Å². The van der Waals surface area contributed by atoms with Crippen LogP contribution in [0.15, 0.2) is 54.6 Å². The fourth-order valence-corrected chi connectivity index (χ4v) is 3.88. The second-order valence-electron chi connectivity index (χ2n) is 8.40. The van der Waals surface area contributed by atoms with Crippen molar-refractivity contribution in [2.24, 2.45) is 0 Å². The molecule has 35 heavy (non-hydrogen) atoms. The maximum absolute atomic E-state index is 14.9. The fraction of sp³-hybridized carbons (Fsp3) is 0.286. The molecule has 7 heteroatoms. The first-order valence-electron chi connectivity index (χ1n) is 11.4. The lowest BCUT2D eigenvalue weighted by Gasteiger charge is -2.11. The summed E-state index contributed by atoms with van der Waals surface area (Å²) in [6, 6.07) is 10.7. The van der Waals surface area contributed by atoms with Gasteiger partial charge in [0.1, 0.15) is 23.3 Å². The summed E-state index contributed by atoms with van der Waals surface area (Å²) in [5.74, 6) is -4.82. The number of unbranched alkanes of at least 4 members (excludes halogenated alkanes) is 4. The van der Waals surface area contributed by atoms with E-state index in [0.29, 0.717) is 17.7 Å². The predicted molar refractivity (Wildman–Crippen MR) is 125 cm³/mol. The number of hydrogen-bond acceptors (Lipinski definition) is 0. The summed E-state index contributed by atoms with van der Waals surface area (Å²) < 4.78 is 95.2. The minimum Gasteiger partial charge on any atom is -0.206 e. The average Bonchev–Trinajstić information content (AvgIpc) is 2.77. The molecular weight excluding hydrogens is 469 g/mol. The lowest BCUT2D eigenvalue weighted by molar-refractivity contribution is -0.0790. The number of benzene rings is 3. The molecule has 0 aliphatic carbocycles. The van der Waals surface area contributed by atoms with Gasteiger partial charge in [-0.05, 0) is 65.4 Å². The van der Waals surface area contributed by atoms with E-state index in [1.54, 1.807) is 12.1 Å². The molecule has 0 fully saturated rings. The van der Waals surface area contributed by atoms with Gasteiger partial charge < -0.3 is 0 Å². The van der Waals surface area contributed by atoms with E-state index >= 15 is 0 Å². The van der Waals surface area contributed by atoms with Gasteiger partial charge in [0.05, 0.1) is 5.56 Å². The first kappa shape index (κ1) is 26.5. The third-order valence-electron chi connectivity index (χ3n) is 5.71. The van der Waals surface area contributed by atoms with Crippen molar-refractivity contribution < 1.29 is 30.7 Å². The Morgan fingerprint density at radius 1 is 0.657 bits per heavy atom. The zero-order valence-electron chi connectivity index (χ0n) is 19.2. The normalized spacial score (nSPS) is 12.0. The molecule has 0 bridgehead atoms. The molecule has 0 amide bonds. The fourth-order valence-electron chi connectivity index (χ4n) is 3.88. The second kappa shape index (κ2) is 11.6. The van der Waals surface area contributed by atoms with Gasteiger partial charge in [0.15, 0.2) is 0 Å². The third-order valence-corrected chi connectivity index (χ3v) is 5.71. The van der Waals surface area contributed by atoms with E-state index in [0.717, 1.165) is 37.0 Å². The maximum atomic E-state index is 14.9. The van der Waals surface area contributed by atoms with Crippen LogP contribution in [0.2, 0.25) is 0 Å². The Morgan fingerprint density at radius 3 is 1.74 bits per heavy atom. The topological polar surface area (TPSA) is 0 Å². The molecule has 0 aliphatic heterocycles. The SMILES string of the molecule is CCCCCCCc1ccc(-c2cc(F)c(-c3cc(F)c(C=CC(F)(F)F)c(F)c3)c(F)c2)cc1. The highest BCUT2D eigenvalue weighted by molar-refractivity contribution is 5.73. The highest BCUT2D eigenvalue weighted by Gasteiger charge is 2.23. The van der Waals surface area contributed by atoms with Gasteiger partial charge in [-0.1, -0.05) is 56.9 Å². The van der Waals surface area contributed by atoms with Crippen molar-refractivity contribution in [3.8, 4) is 22.3 Å². The summed E-state index contributed by atoms with van der Waals surface area (Å²) in [7, 11) is 0. The summed E-state index contributed by atoms with van der Waals surface area (Å²) in [5.41, 5.74) is -0.119. The lowest BCUT2D eigenvalue weighted by Crippen LogP contribution is -2.01. The van der Waals surface area contributed by atoms with Gasteiger partial charge in [-0.15, -0.1) is 0 Å². The largest absolute Gasteiger partial charge is 0.409 e. The van der Waals surface area contributed by atoms with E-state index in [4.69, 9.17) is 0 Å². The van der Waals surface area contributed by atoms with E-state index in [2.05, 4.69) is 6.92 Å². The van der Waals surface area contributed by atoms with Gasteiger partial charge >= 0.3 is 6.18 Å². The molecule has 0 atom stereocenters. The summed E-state index contributed by atoms with van der Waals surface area (Å²) in [5, 5.41) is 0. The number of alkyl halides is 3. The van der Waals surface area contributed by atoms with Crippen LogP contribution >= 0.6 is 0 Å².